The number of hydrogen-bond donors (Lipinski definition) is 1. The minimum absolute atomic E-state index is 0.495. The Morgan fingerprint density at radius 2 is 1.78 bits per heavy atom. The van der Waals surface area contributed by atoms with Gasteiger partial charge >= 0.3 is 5.97 Å². The van der Waals surface area contributed by atoms with Gasteiger partial charge in [-0.2, -0.15) is 15.0 Å². The van der Waals surface area contributed by atoms with E-state index >= 15 is 0 Å². The molecule has 5 nitrogen and oxygen atoms in total. The van der Waals surface area contributed by atoms with Crippen molar-refractivity contribution in [3.63, 3.8) is 0 Å². The lowest BCUT2D eigenvalue weighted by molar-refractivity contribution is -0.146. The molecule has 2 rings (SSSR count). The molecule has 0 saturated carbocycles. The summed E-state index contributed by atoms with van der Waals surface area (Å²) in [4.78, 5) is 12.6. The van der Waals surface area contributed by atoms with E-state index < -0.39 is 11.4 Å². The van der Waals surface area contributed by atoms with Gasteiger partial charge in [0.15, 0.2) is 0 Å². The molecule has 1 aromatic heterocycles. The van der Waals surface area contributed by atoms with E-state index in [1.54, 1.807) is 26.2 Å². The monoisotopic (exact) mass is 245 g/mol. The van der Waals surface area contributed by atoms with Gasteiger partial charge in [0.25, 0.3) is 0 Å². The molecule has 94 valence electrons. The van der Waals surface area contributed by atoms with Crippen LogP contribution in [-0.2, 0) is 11.2 Å². The van der Waals surface area contributed by atoms with Gasteiger partial charge in [0.1, 0.15) is 0 Å². The molecule has 1 heterocycles. The van der Waals surface area contributed by atoms with Crippen LogP contribution in [0, 0.1) is 5.41 Å². The van der Waals surface area contributed by atoms with Crippen molar-refractivity contribution >= 4 is 5.97 Å². The summed E-state index contributed by atoms with van der Waals surface area (Å²) in [6, 6.07) is 7.58. The summed E-state index contributed by atoms with van der Waals surface area (Å²) < 4.78 is 0. The lowest BCUT2D eigenvalue weighted by Gasteiger charge is -2.18. The highest BCUT2D eigenvalue weighted by molar-refractivity contribution is 5.74. The molecule has 0 bridgehead atoms. The summed E-state index contributed by atoms with van der Waals surface area (Å²) in [6.45, 7) is 3.44. The van der Waals surface area contributed by atoms with Crippen LogP contribution in [0.3, 0.4) is 0 Å². The Kier molecular flexibility index (Phi) is 3.14. The molecule has 0 radical (unpaired) electrons. The van der Waals surface area contributed by atoms with E-state index in [1.165, 1.54) is 4.80 Å². The first-order chi connectivity index (χ1) is 8.49. The standard InChI is InChI=1S/C13H15N3O2/c1-13(2,12(17)18)9-10-3-5-11(6-4-10)16-14-7-8-15-16/h3-8H,9H2,1-2H3,(H,17,18). The average Bonchev–Trinajstić information content (AvgIpc) is 2.83. The highest BCUT2D eigenvalue weighted by Crippen LogP contribution is 2.22. The number of carboxylic acid groups (broad SMARTS) is 1. The maximum atomic E-state index is 11.1. The molecule has 1 N–H and O–H groups in total. The van der Waals surface area contributed by atoms with Crippen LogP contribution in [0.15, 0.2) is 36.7 Å². The quantitative estimate of drug-likeness (QED) is 0.893. The zero-order valence-corrected chi connectivity index (χ0v) is 10.4. The maximum Gasteiger partial charge on any atom is 0.309 e. The molecule has 0 aliphatic carbocycles. The van der Waals surface area contributed by atoms with E-state index in [0.29, 0.717) is 6.42 Å². The van der Waals surface area contributed by atoms with Gasteiger partial charge in [0.05, 0.1) is 23.5 Å². The predicted octanol–water partition coefficient (Wildman–Crippen LogP) is 1.92. The number of benzene rings is 1. The van der Waals surface area contributed by atoms with Crippen molar-refractivity contribution in [3.05, 3.63) is 42.2 Å². The van der Waals surface area contributed by atoms with Crippen molar-refractivity contribution < 1.29 is 9.90 Å². The van der Waals surface area contributed by atoms with E-state index in [0.717, 1.165) is 11.3 Å². The second-order valence-electron chi connectivity index (χ2n) is 4.85. The Morgan fingerprint density at radius 3 is 2.28 bits per heavy atom. The SMILES string of the molecule is CC(C)(Cc1ccc(-n2nccn2)cc1)C(=O)O. The van der Waals surface area contributed by atoms with Crippen LogP contribution >= 0.6 is 0 Å². The number of aromatic nitrogens is 3. The Hall–Kier alpha value is -2.17. The number of carboxylic acids is 1. The van der Waals surface area contributed by atoms with Crippen molar-refractivity contribution in [2.24, 2.45) is 5.41 Å². The maximum absolute atomic E-state index is 11.1. The highest BCUT2D eigenvalue weighted by Gasteiger charge is 2.27. The molecule has 0 aliphatic rings. The number of rotatable bonds is 4. The summed E-state index contributed by atoms with van der Waals surface area (Å²) in [5, 5.41) is 17.1. The van der Waals surface area contributed by atoms with Crippen molar-refractivity contribution in [2.45, 2.75) is 20.3 Å². The molecular formula is C13H15N3O2. The second-order valence-corrected chi connectivity index (χ2v) is 4.85. The third-order valence-corrected chi connectivity index (χ3v) is 2.81. The van der Waals surface area contributed by atoms with Gasteiger partial charge in [-0.1, -0.05) is 12.1 Å². The number of aliphatic carboxylic acids is 1. The molecular weight excluding hydrogens is 230 g/mol. The molecule has 0 amide bonds. The van der Waals surface area contributed by atoms with Gasteiger partial charge in [0, 0.05) is 0 Å². The minimum Gasteiger partial charge on any atom is -0.481 e. The van der Waals surface area contributed by atoms with E-state index in [2.05, 4.69) is 10.2 Å². The van der Waals surface area contributed by atoms with Crippen LogP contribution in [0.1, 0.15) is 19.4 Å². The molecule has 0 fully saturated rings. The Labute approximate surface area is 105 Å². The largest absolute Gasteiger partial charge is 0.481 e. The molecule has 0 unspecified atom stereocenters. The van der Waals surface area contributed by atoms with E-state index in [4.69, 9.17) is 5.11 Å². The molecule has 0 aliphatic heterocycles. The van der Waals surface area contributed by atoms with Gasteiger partial charge in [0.2, 0.25) is 0 Å². The van der Waals surface area contributed by atoms with Crippen LogP contribution in [0.5, 0.6) is 0 Å². The van der Waals surface area contributed by atoms with Crippen LogP contribution in [-0.4, -0.2) is 26.1 Å². The molecule has 0 saturated heterocycles. The molecule has 5 heteroatoms. The van der Waals surface area contributed by atoms with Gasteiger partial charge in [-0.25, -0.2) is 0 Å². The van der Waals surface area contributed by atoms with E-state index in [1.807, 2.05) is 24.3 Å². The summed E-state index contributed by atoms with van der Waals surface area (Å²) in [6.07, 6.45) is 3.72. The second kappa shape index (κ2) is 4.60. The van der Waals surface area contributed by atoms with E-state index in [9.17, 15) is 4.79 Å². The predicted molar refractivity (Wildman–Crippen MR) is 66.5 cm³/mol. The number of carbonyl (C=O) groups is 1. The first-order valence-electron chi connectivity index (χ1n) is 5.68. The van der Waals surface area contributed by atoms with Crippen molar-refractivity contribution in [1.82, 2.24) is 15.0 Å². The summed E-state index contributed by atoms with van der Waals surface area (Å²) >= 11 is 0. The van der Waals surface area contributed by atoms with Crippen LogP contribution in [0.25, 0.3) is 5.69 Å². The third-order valence-electron chi connectivity index (χ3n) is 2.81. The fourth-order valence-electron chi connectivity index (χ4n) is 1.68. The molecule has 0 spiro atoms. The normalized spacial score (nSPS) is 11.4. The molecule has 18 heavy (non-hydrogen) atoms. The molecule has 0 atom stereocenters. The van der Waals surface area contributed by atoms with E-state index in [-0.39, 0.29) is 0 Å². The van der Waals surface area contributed by atoms with Crippen LogP contribution in [0.4, 0.5) is 0 Å². The number of nitrogens with zero attached hydrogens (tertiary/aromatic N) is 3. The lowest BCUT2D eigenvalue weighted by Crippen LogP contribution is -2.26. The molecule has 1 aromatic carbocycles. The fourth-order valence-corrected chi connectivity index (χ4v) is 1.68. The first-order valence-corrected chi connectivity index (χ1v) is 5.68. The topological polar surface area (TPSA) is 68.0 Å². The molecule has 2 aromatic rings. The van der Waals surface area contributed by atoms with Crippen molar-refractivity contribution in [2.75, 3.05) is 0 Å². The van der Waals surface area contributed by atoms with Gasteiger partial charge < -0.3 is 5.11 Å². The van der Waals surface area contributed by atoms with Crippen LogP contribution in [0.2, 0.25) is 0 Å². The van der Waals surface area contributed by atoms with Gasteiger partial charge in [-0.3, -0.25) is 4.79 Å². The smallest absolute Gasteiger partial charge is 0.309 e. The van der Waals surface area contributed by atoms with Crippen LogP contribution < -0.4 is 0 Å². The first kappa shape index (κ1) is 12.3. The highest BCUT2D eigenvalue weighted by atomic mass is 16.4. The Morgan fingerprint density at radius 1 is 1.22 bits per heavy atom. The Balaban J connectivity index is 2.16. The zero-order valence-electron chi connectivity index (χ0n) is 10.4. The average molecular weight is 245 g/mol. The van der Waals surface area contributed by atoms with Gasteiger partial charge in [-0.05, 0) is 38.0 Å². The number of hydrogen-bond acceptors (Lipinski definition) is 3. The van der Waals surface area contributed by atoms with Crippen molar-refractivity contribution in [1.29, 1.82) is 0 Å². The van der Waals surface area contributed by atoms with Crippen molar-refractivity contribution in [3.8, 4) is 5.69 Å². The summed E-state index contributed by atoms with van der Waals surface area (Å²) in [7, 11) is 0. The summed E-state index contributed by atoms with van der Waals surface area (Å²) in [5.74, 6) is -0.791. The zero-order chi connectivity index (χ0) is 13.2. The van der Waals surface area contributed by atoms with Gasteiger partial charge in [-0.15, -0.1) is 0 Å². The fraction of sp³-hybridized carbons (Fsp3) is 0.308. The lowest BCUT2D eigenvalue weighted by atomic mass is 9.86. The third kappa shape index (κ3) is 2.56. The minimum atomic E-state index is -0.791. The summed E-state index contributed by atoms with van der Waals surface area (Å²) in [5.41, 5.74) is 1.08. The Bertz CT molecular complexity index is 530.